The van der Waals surface area contributed by atoms with Gasteiger partial charge in [0.1, 0.15) is 12.2 Å². The number of ketones is 2. The molecule has 1 fully saturated rings. The van der Waals surface area contributed by atoms with Gasteiger partial charge in [-0.2, -0.15) is 0 Å². The van der Waals surface area contributed by atoms with Crippen LogP contribution in [-0.2, 0) is 9.59 Å². The van der Waals surface area contributed by atoms with Crippen molar-refractivity contribution in [2.75, 3.05) is 6.61 Å². The zero-order valence-electron chi connectivity index (χ0n) is 15.3. The monoisotopic (exact) mass is 358 g/mol. The molecule has 0 bridgehead atoms. The van der Waals surface area contributed by atoms with Crippen molar-refractivity contribution in [1.82, 2.24) is 0 Å². The molecule has 0 heterocycles. The first-order valence-corrected chi connectivity index (χ1v) is 9.39. The van der Waals surface area contributed by atoms with E-state index in [0.717, 1.165) is 29.6 Å². The molecule has 5 heteroatoms. The van der Waals surface area contributed by atoms with E-state index in [4.69, 9.17) is 0 Å². The van der Waals surface area contributed by atoms with E-state index in [9.17, 15) is 24.9 Å². The summed E-state index contributed by atoms with van der Waals surface area (Å²) in [5.74, 6) is -0.559. The smallest absolute Gasteiger partial charge is 0.190 e. The Balaban J connectivity index is 1.85. The third-order valence-corrected chi connectivity index (χ3v) is 7.62. The summed E-state index contributed by atoms with van der Waals surface area (Å²) in [6.07, 6.45) is 7.11. The van der Waals surface area contributed by atoms with Crippen LogP contribution in [-0.4, -0.2) is 45.2 Å². The predicted octanol–water partition coefficient (Wildman–Crippen LogP) is 1.62. The number of aliphatic hydroxyl groups excluding tert-OH is 2. The fraction of sp³-hybridized carbons (Fsp3) is 0.619. The molecule has 26 heavy (non-hydrogen) atoms. The van der Waals surface area contributed by atoms with Crippen molar-refractivity contribution >= 4 is 11.6 Å². The van der Waals surface area contributed by atoms with E-state index >= 15 is 0 Å². The Labute approximate surface area is 153 Å². The second-order valence-corrected chi connectivity index (χ2v) is 8.72. The fourth-order valence-corrected chi connectivity index (χ4v) is 6.19. The summed E-state index contributed by atoms with van der Waals surface area (Å²) in [6, 6.07) is 0. The first kappa shape index (κ1) is 17.8. The highest BCUT2D eigenvalue weighted by molar-refractivity contribution is 6.01. The summed E-state index contributed by atoms with van der Waals surface area (Å²) in [5, 5.41) is 31.6. The molecule has 4 aliphatic rings. The first-order valence-electron chi connectivity index (χ1n) is 9.39. The van der Waals surface area contributed by atoms with Crippen LogP contribution in [0, 0.1) is 16.7 Å². The Kier molecular flexibility index (Phi) is 3.75. The molecule has 4 rings (SSSR count). The Bertz CT molecular complexity index is 790. The van der Waals surface area contributed by atoms with Crippen molar-refractivity contribution < 1.29 is 24.9 Å². The summed E-state index contributed by atoms with van der Waals surface area (Å²) in [4.78, 5) is 24.1. The Morgan fingerprint density at radius 2 is 2.04 bits per heavy atom. The quantitative estimate of drug-likeness (QED) is 0.652. The molecule has 0 aliphatic heterocycles. The molecule has 0 radical (unpaired) electrons. The molecule has 5 nitrogen and oxygen atoms in total. The van der Waals surface area contributed by atoms with Crippen LogP contribution in [0.25, 0.3) is 0 Å². The molecule has 140 valence electrons. The van der Waals surface area contributed by atoms with Crippen LogP contribution in [0.5, 0.6) is 0 Å². The molecular formula is C21H26O5. The zero-order chi connectivity index (χ0) is 18.9. The van der Waals surface area contributed by atoms with Crippen LogP contribution in [0.15, 0.2) is 34.9 Å². The van der Waals surface area contributed by atoms with Gasteiger partial charge in [-0.3, -0.25) is 9.59 Å². The van der Waals surface area contributed by atoms with Gasteiger partial charge < -0.3 is 15.3 Å². The third kappa shape index (κ3) is 2.02. The minimum absolute atomic E-state index is 0.00537. The number of carbonyl (C=O) groups is 2. The van der Waals surface area contributed by atoms with E-state index in [1.165, 1.54) is 0 Å². The van der Waals surface area contributed by atoms with E-state index in [2.05, 4.69) is 0 Å². The van der Waals surface area contributed by atoms with E-state index in [1.807, 2.05) is 19.9 Å². The minimum Gasteiger partial charge on any atom is -0.389 e. The number of Topliss-reactive ketones (excluding diaryl/α,β-unsaturated/α-hetero) is 1. The highest BCUT2D eigenvalue weighted by Crippen LogP contribution is 2.64. The van der Waals surface area contributed by atoms with Crippen LogP contribution in [0.4, 0.5) is 0 Å². The number of carbonyl (C=O) groups excluding carboxylic acids is 2. The molecule has 0 aromatic heterocycles. The normalized spacial score (nSPS) is 44.3. The number of rotatable bonds is 2. The van der Waals surface area contributed by atoms with Gasteiger partial charge in [0.25, 0.3) is 0 Å². The number of hydrogen-bond donors (Lipinski definition) is 3. The van der Waals surface area contributed by atoms with Crippen molar-refractivity contribution in [3.8, 4) is 0 Å². The molecule has 1 unspecified atom stereocenters. The lowest BCUT2D eigenvalue weighted by Gasteiger charge is -2.53. The van der Waals surface area contributed by atoms with Gasteiger partial charge in [0, 0.05) is 10.8 Å². The molecule has 0 amide bonds. The van der Waals surface area contributed by atoms with Gasteiger partial charge in [-0.1, -0.05) is 24.1 Å². The summed E-state index contributed by atoms with van der Waals surface area (Å²) in [7, 11) is 0. The predicted molar refractivity (Wildman–Crippen MR) is 95.1 cm³/mol. The summed E-state index contributed by atoms with van der Waals surface area (Å²) >= 11 is 0. The maximum Gasteiger partial charge on any atom is 0.190 e. The maximum absolute atomic E-state index is 12.3. The summed E-state index contributed by atoms with van der Waals surface area (Å²) < 4.78 is 0. The average molecular weight is 358 g/mol. The number of fused-ring (bicyclic) bond motifs is 4. The van der Waals surface area contributed by atoms with Gasteiger partial charge in [-0.05, 0) is 62.7 Å². The minimum atomic E-state index is -1.60. The molecule has 0 saturated heterocycles. The van der Waals surface area contributed by atoms with Crippen LogP contribution >= 0.6 is 0 Å². The lowest BCUT2D eigenvalue weighted by atomic mass is 9.53. The van der Waals surface area contributed by atoms with Gasteiger partial charge in [0.05, 0.1) is 6.10 Å². The van der Waals surface area contributed by atoms with Crippen molar-refractivity contribution in [1.29, 1.82) is 0 Å². The molecule has 4 aliphatic carbocycles. The number of hydrogen-bond acceptors (Lipinski definition) is 5. The Morgan fingerprint density at radius 1 is 1.31 bits per heavy atom. The second-order valence-electron chi connectivity index (χ2n) is 8.72. The first-order chi connectivity index (χ1) is 12.2. The SMILES string of the molecule is C[C@]12C=CC(=O)C=C1CCC1=C2C(O)C[C@@]2(C)[C@H]1CC[C@]2(O)C(=O)CO. The number of allylic oxidation sites excluding steroid dienone is 5. The highest BCUT2D eigenvalue weighted by Gasteiger charge is 2.64. The van der Waals surface area contributed by atoms with Crippen molar-refractivity contribution in [3.05, 3.63) is 34.9 Å². The van der Waals surface area contributed by atoms with E-state index in [0.29, 0.717) is 12.8 Å². The molecule has 0 aromatic carbocycles. The van der Waals surface area contributed by atoms with E-state index < -0.39 is 34.9 Å². The fourth-order valence-electron chi connectivity index (χ4n) is 6.19. The van der Waals surface area contributed by atoms with Crippen molar-refractivity contribution in [2.45, 2.75) is 57.7 Å². The summed E-state index contributed by atoms with van der Waals surface area (Å²) in [5.41, 5.74) is 0.266. The van der Waals surface area contributed by atoms with Gasteiger partial charge in [0.2, 0.25) is 0 Å². The summed E-state index contributed by atoms with van der Waals surface area (Å²) in [6.45, 7) is 3.23. The van der Waals surface area contributed by atoms with Crippen LogP contribution in [0.3, 0.4) is 0 Å². The lowest BCUT2D eigenvalue weighted by Crippen LogP contribution is -2.56. The zero-order valence-corrected chi connectivity index (χ0v) is 15.3. The van der Waals surface area contributed by atoms with Gasteiger partial charge in [-0.15, -0.1) is 0 Å². The van der Waals surface area contributed by atoms with Crippen molar-refractivity contribution in [3.63, 3.8) is 0 Å². The molecular weight excluding hydrogens is 332 g/mol. The third-order valence-electron chi connectivity index (χ3n) is 7.62. The maximum atomic E-state index is 12.3. The van der Waals surface area contributed by atoms with Gasteiger partial charge in [-0.25, -0.2) is 0 Å². The molecule has 0 spiro atoms. The van der Waals surface area contributed by atoms with Crippen LogP contribution < -0.4 is 0 Å². The molecule has 0 aromatic rings. The highest BCUT2D eigenvalue weighted by atomic mass is 16.3. The van der Waals surface area contributed by atoms with Crippen LogP contribution in [0.2, 0.25) is 0 Å². The molecule has 1 saturated carbocycles. The molecule has 5 atom stereocenters. The topological polar surface area (TPSA) is 94.8 Å². The Morgan fingerprint density at radius 3 is 2.73 bits per heavy atom. The van der Waals surface area contributed by atoms with Crippen LogP contribution in [0.1, 0.15) is 46.0 Å². The van der Waals surface area contributed by atoms with E-state index in [-0.39, 0.29) is 18.1 Å². The second kappa shape index (κ2) is 5.47. The van der Waals surface area contributed by atoms with Gasteiger partial charge >= 0.3 is 0 Å². The standard InChI is InChI=1S/C21H26O5/c1-19-7-5-13(23)9-12(19)3-4-14-15-6-8-21(26,17(25)11-22)20(15,2)10-16(24)18(14)19/h5,7,9,15-16,22,24,26H,3-4,6,8,10-11H2,1-2H3/t15-,16?,19-,20-,21-/m0/s1. The Hall–Kier alpha value is -1.56. The lowest BCUT2D eigenvalue weighted by molar-refractivity contribution is -0.157. The van der Waals surface area contributed by atoms with E-state index in [1.54, 1.807) is 12.2 Å². The number of aliphatic hydroxyl groups is 3. The largest absolute Gasteiger partial charge is 0.389 e. The van der Waals surface area contributed by atoms with Gasteiger partial charge in [0.15, 0.2) is 11.6 Å². The molecule has 3 N–H and O–H groups in total. The van der Waals surface area contributed by atoms with Crippen molar-refractivity contribution in [2.24, 2.45) is 16.7 Å². The average Bonchev–Trinajstić information content (AvgIpc) is 2.86.